The molecule has 2 N–H and O–H groups in total. The zero-order valence-electron chi connectivity index (χ0n) is 12.1. The first-order valence-electron chi connectivity index (χ1n) is 6.79. The van der Waals surface area contributed by atoms with E-state index in [1.165, 1.54) is 5.69 Å². The molecule has 0 fully saturated rings. The summed E-state index contributed by atoms with van der Waals surface area (Å²) in [6.07, 6.45) is 0. The van der Waals surface area contributed by atoms with Gasteiger partial charge in [0.25, 0.3) is 0 Å². The molecule has 2 rings (SSSR count). The minimum Gasteiger partial charge on any atom is -0.330 e. The lowest BCUT2D eigenvalue weighted by Gasteiger charge is -2.12. The van der Waals surface area contributed by atoms with E-state index in [1.54, 1.807) is 11.8 Å². The molecule has 0 radical (unpaired) electrons. The minimum absolute atomic E-state index is 0.407. The number of benzene rings is 1. The number of nitrogens with two attached hydrogens (primary N) is 1. The molecule has 0 aliphatic carbocycles. The first-order chi connectivity index (χ1) is 9.56. The molecule has 0 spiro atoms. The van der Waals surface area contributed by atoms with Crippen LogP contribution in [0.1, 0.15) is 38.2 Å². The molecule has 3 nitrogen and oxygen atoms in total. The zero-order chi connectivity index (χ0) is 14.7. The van der Waals surface area contributed by atoms with E-state index in [1.807, 2.05) is 24.3 Å². The van der Waals surface area contributed by atoms with Gasteiger partial charge in [0.15, 0.2) is 0 Å². The first-order valence-corrected chi connectivity index (χ1v) is 7.99. The molecule has 5 heteroatoms. The van der Waals surface area contributed by atoms with Crippen LogP contribution >= 0.6 is 23.4 Å². The van der Waals surface area contributed by atoms with Crippen LogP contribution in [0.2, 0.25) is 5.02 Å². The van der Waals surface area contributed by atoms with Gasteiger partial charge in [0.05, 0.1) is 12.2 Å². The summed E-state index contributed by atoms with van der Waals surface area (Å²) in [6, 6.07) is 7.85. The van der Waals surface area contributed by atoms with E-state index in [0.717, 1.165) is 27.3 Å². The molecular formula is C15H20ClN3S. The summed E-state index contributed by atoms with van der Waals surface area (Å²) >= 11 is 7.70. The van der Waals surface area contributed by atoms with Crippen molar-refractivity contribution < 1.29 is 0 Å². The topological polar surface area (TPSA) is 43.8 Å². The number of nitrogens with zero attached hydrogens (tertiary/aromatic N) is 2. The molecule has 0 aliphatic heterocycles. The van der Waals surface area contributed by atoms with Crippen molar-refractivity contribution in [2.75, 3.05) is 0 Å². The smallest absolute Gasteiger partial charge is 0.124 e. The van der Waals surface area contributed by atoms with Crippen LogP contribution in [0.25, 0.3) is 0 Å². The predicted octanol–water partition coefficient (Wildman–Crippen LogP) is 4.29. The van der Waals surface area contributed by atoms with Crippen molar-refractivity contribution in [3.8, 4) is 0 Å². The number of hydrogen-bond donors (Lipinski definition) is 1. The lowest BCUT2D eigenvalue weighted by atomic mass is 10.1. The standard InChI is InChI=1S/C15H20ClN3S/c1-4-19-13(9-17)18-15(14(19)10(2)3)20-12-7-5-6-11(16)8-12/h5-8,10H,4,9,17H2,1-3H3. The van der Waals surface area contributed by atoms with E-state index >= 15 is 0 Å². The zero-order valence-corrected chi connectivity index (χ0v) is 13.6. The van der Waals surface area contributed by atoms with Gasteiger partial charge < -0.3 is 10.3 Å². The van der Waals surface area contributed by atoms with E-state index < -0.39 is 0 Å². The Labute approximate surface area is 129 Å². The van der Waals surface area contributed by atoms with Gasteiger partial charge in [-0.2, -0.15) is 0 Å². The molecule has 0 saturated carbocycles. The average Bonchev–Trinajstić information content (AvgIpc) is 2.76. The Balaban J connectivity index is 2.43. The Morgan fingerprint density at radius 2 is 2.15 bits per heavy atom. The number of rotatable bonds is 5. The molecule has 0 atom stereocenters. The number of halogens is 1. The van der Waals surface area contributed by atoms with Crippen LogP contribution in [-0.2, 0) is 13.1 Å². The Hall–Kier alpha value is -0.970. The quantitative estimate of drug-likeness (QED) is 0.896. The number of aromatic nitrogens is 2. The fourth-order valence-electron chi connectivity index (χ4n) is 2.27. The van der Waals surface area contributed by atoms with E-state index in [9.17, 15) is 0 Å². The van der Waals surface area contributed by atoms with Gasteiger partial charge in [-0.3, -0.25) is 0 Å². The van der Waals surface area contributed by atoms with E-state index in [0.29, 0.717) is 12.5 Å². The van der Waals surface area contributed by atoms with Gasteiger partial charge >= 0.3 is 0 Å². The van der Waals surface area contributed by atoms with Gasteiger partial charge in [-0.1, -0.05) is 43.3 Å². The summed E-state index contributed by atoms with van der Waals surface area (Å²) in [5.74, 6) is 1.35. The Morgan fingerprint density at radius 3 is 2.70 bits per heavy atom. The lowest BCUT2D eigenvalue weighted by Crippen LogP contribution is -2.10. The Bertz CT molecular complexity index is 593. The summed E-state index contributed by atoms with van der Waals surface area (Å²) in [7, 11) is 0. The van der Waals surface area contributed by atoms with Crippen LogP contribution in [0.15, 0.2) is 34.2 Å². The highest BCUT2D eigenvalue weighted by molar-refractivity contribution is 7.99. The average molecular weight is 310 g/mol. The molecule has 108 valence electrons. The lowest BCUT2D eigenvalue weighted by molar-refractivity contribution is 0.632. The normalized spacial score (nSPS) is 11.3. The van der Waals surface area contributed by atoms with Crippen LogP contribution in [-0.4, -0.2) is 9.55 Å². The molecule has 0 unspecified atom stereocenters. The Morgan fingerprint density at radius 1 is 1.40 bits per heavy atom. The third kappa shape index (κ3) is 3.19. The summed E-state index contributed by atoms with van der Waals surface area (Å²) in [4.78, 5) is 5.80. The highest BCUT2D eigenvalue weighted by Crippen LogP contribution is 2.35. The fraction of sp³-hybridized carbons (Fsp3) is 0.400. The largest absolute Gasteiger partial charge is 0.330 e. The maximum absolute atomic E-state index is 6.05. The molecule has 0 aliphatic rings. The van der Waals surface area contributed by atoms with Gasteiger partial charge in [0.2, 0.25) is 0 Å². The molecule has 2 aromatic rings. The van der Waals surface area contributed by atoms with E-state index in [-0.39, 0.29) is 0 Å². The third-order valence-corrected chi connectivity index (χ3v) is 4.33. The van der Waals surface area contributed by atoms with Gasteiger partial charge in [-0.05, 0) is 31.0 Å². The first kappa shape index (κ1) is 15.4. The number of hydrogen-bond acceptors (Lipinski definition) is 3. The molecule has 0 saturated heterocycles. The molecule has 1 aromatic heterocycles. The van der Waals surface area contributed by atoms with Crippen LogP contribution in [0, 0.1) is 0 Å². The van der Waals surface area contributed by atoms with Gasteiger partial charge in [-0.15, -0.1) is 0 Å². The molecule has 0 bridgehead atoms. The maximum Gasteiger partial charge on any atom is 0.124 e. The second-order valence-electron chi connectivity index (χ2n) is 4.88. The van der Waals surface area contributed by atoms with Crippen molar-refractivity contribution in [3.63, 3.8) is 0 Å². The Kier molecular flexibility index (Phi) is 5.13. The third-order valence-electron chi connectivity index (χ3n) is 3.11. The molecular weight excluding hydrogens is 290 g/mol. The second-order valence-corrected chi connectivity index (χ2v) is 6.38. The second kappa shape index (κ2) is 6.66. The molecule has 20 heavy (non-hydrogen) atoms. The van der Waals surface area contributed by atoms with Crippen LogP contribution in [0.4, 0.5) is 0 Å². The fourth-order valence-corrected chi connectivity index (χ4v) is 3.69. The maximum atomic E-state index is 6.05. The summed E-state index contributed by atoms with van der Waals surface area (Å²) in [5.41, 5.74) is 7.06. The van der Waals surface area contributed by atoms with Crippen molar-refractivity contribution in [1.82, 2.24) is 9.55 Å². The van der Waals surface area contributed by atoms with Crippen molar-refractivity contribution in [1.29, 1.82) is 0 Å². The van der Waals surface area contributed by atoms with Crippen molar-refractivity contribution in [2.45, 2.75) is 49.7 Å². The molecule has 1 aromatic carbocycles. The minimum atomic E-state index is 0.407. The summed E-state index contributed by atoms with van der Waals surface area (Å²) in [5, 5.41) is 1.78. The van der Waals surface area contributed by atoms with Crippen LogP contribution in [0.5, 0.6) is 0 Å². The van der Waals surface area contributed by atoms with E-state index in [4.69, 9.17) is 22.3 Å². The SMILES string of the molecule is CCn1c(CN)nc(Sc2cccc(Cl)c2)c1C(C)C. The number of imidazole rings is 1. The summed E-state index contributed by atoms with van der Waals surface area (Å²) in [6.45, 7) is 7.85. The van der Waals surface area contributed by atoms with Gasteiger partial charge in [0, 0.05) is 16.5 Å². The van der Waals surface area contributed by atoms with Gasteiger partial charge in [-0.25, -0.2) is 4.98 Å². The van der Waals surface area contributed by atoms with Crippen LogP contribution < -0.4 is 5.73 Å². The molecule has 1 heterocycles. The van der Waals surface area contributed by atoms with Crippen molar-refractivity contribution in [3.05, 3.63) is 40.8 Å². The molecule has 0 amide bonds. The highest BCUT2D eigenvalue weighted by atomic mass is 35.5. The van der Waals surface area contributed by atoms with Crippen LogP contribution in [0.3, 0.4) is 0 Å². The highest BCUT2D eigenvalue weighted by Gasteiger charge is 2.18. The van der Waals surface area contributed by atoms with Gasteiger partial charge in [0.1, 0.15) is 10.9 Å². The van der Waals surface area contributed by atoms with Crippen molar-refractivity contribution in [2.24, 2.45) is 5.73 Å². The van der Waals surface area contributed by atoms with E-state index in [2.05, 4.69) is 25.3 Å². The summed E-state index contributed by atoms with van der Waals surface area (Å²) < 4.78 is 2.22. The van der Waals surface area contributed by atoms with Crippen molar-refractivity contribution >= 4 is 23.4 Å². The monoisotopic (exact) mass is 309 g/mol. The predicted molar refractivity (Wildman–Crippen MR) is 85.5 cm³/mol.